The lowest BCUT2D eigenvalue weighted by Gasteiger charge is -2.20. The second-order valence-electron chi connectivity index (χ2n) is 4.57. The third-order valence-electron chi connectivity index (χ3n) is 3.34. The van der Waals surface area contributed by atoms with E-state index < -0.39 is 24.2 Å². The highest BCUT2D eigenvalue weighted by atomic mass is 16.5. The maximum atomic E-state index is 11.5. The Kier molecular flexibility index (Phi) is 3.97. The van der Waals surface area contributed by atoms with Crippen molar-refractivity contribution in [1.82, 2.24) is 10.6 Å². The number of cyclic esters (lactones) is 1. The van der Waals surface area contributed by atoms with Gasteiger partial charge in [-0.15, -0.1) is 0 Å². The van der Waals surface area contributed by atoms with E-state index in [0.29, 0.717) is 22.3 Å². The fraction of sp³-hybridized carbons (Fsp3) is 0.308. The number of ether oxygens (including phenoxy) is 1. The molecule has 0 saturated heterocycles. The van der Waals surface area contributed by atoms with Crippen molar-refractivity contribution in [1.29, 1.82) is 0 Å². The van der Waals surface area contributed by atoms with Crippen LogP contribution in [0.4, 0.5) is 9.59 Å². The van der Waals surface area contributed by atoms with E-state index in [2.05, 4.69) is 10.6 Å². The molecule has 0 aromatic heterocycles. The molecular weight excluding hydrogens is 280 g/mol. The van der Waals surface area contributed by atoms with Gasteiger partial charge in [0.05, 0.1) is 11.6 Å². The molecule has 112 valence electrons. The van der Waals surface area contributed by atoms with Crippen molar-refractivity contribution in [2.45, 2.75) is 19.6 Å². The van der Waals surface area contributed by atoms with Crippen LogP contribution < -0.4 is 10.6 Å². The SMILES string of the molecule is Cc1c([C@H](CNC(=O)O)NC(=O)O)ccc2c1COC2=O. The Morgan fingerprint density at radius 1 is 1.33 bits per heavy atom. The Hall–Kier alpha value is -2.77. The smallest absolute Gasteiger partial charge is 0.405 e. The van der Waals surface area contributed by atoms with Gasteiger partial charge < -0.3 is 25.6 Å². The Labute approximate surface area is 119 Å². The number of carboxylic acid groups (broad SMARTS) is 2. The Morgan fingerprint density at radius 2 is 2.05 bits per heavy atom. The van der Waals surface area contributed by atoms with E-state index in [1.165, 1.54) is 0 Å². The first kappa shape index (κ1) is 14.6. The van der Waals surface area contributed by atoms with Crippen molar-refractivity contribution >= 4 is 18.2 Å². The van der Waals surface area contributed by atoms with Gasteiger partial charge in [-0.25, -0.2) is 14.4 Å². The summed E-state index contributed by atoms with van der Waals surface area (Å²) in [6.45, 7) is 1.77. The normalized spacial score (nSPS) is 14.0. The number of benzene rings is 1. The van der Waals surface area contributed by atoms with Gasteiger partial charge in [0.15, 0.2) is 0 Å². The minimum atomic E-state index is -1.26. The maximum absolute atomic E-state index is 11.5. The molecule has 0 aliphatic carbocycles. The number of fused-ring (bicyclic) bond motifs is 1. The van der Waals surface area contributed by atoms with Gasteiger partial charge in [-0.1, -0.05) is 6.07 Å². The predicted molar refractivity (Wildman–Crippen MR) is 70.2 cm³/mol. The van der Waals surface area contributed by atoms with Crippen molar-refractivity contribution < 1.29 is 29.3 Å². The Morgan fingerprint density at radius 3 is 2.67 bits per heavy atom. The molecule has 0 saturated carbocycles. The summed E-state index contributed by atoms with van der Waals surface area (Å²) in [5.74, 6) is -0.411. The number of carbonyl (C=O) groups is 3. The van der Waals surface area contributed by atoms with Gasteiger partial charge in [0.2, 0.25) is 0 Å². The largest absolute Gasteiger partial charge is 0.465 e. The quantitative estimate of drug-likeness (QED) is 0.619. The number of esters is 1. The molecule has 2 amide bonds. The van der Waals surface area contributed by atoms with E-state index in [9.17, 15) is 14.4 Å². The minimum absolute atomic E-state index is 0.115. The molecule has 1 aliphatic rings. The van der Waals surface area contributed by atoms with E-state index in [-0.39, 0.29) is 13.2 Å². The van der Waals surface area contributed by atoms with Gasteiger partial charge in [-0.3, -0.25) is 0 Å². The molecule has 21 heavy (non-hydrogen) atoms. The number of hydrogen-bond donors (Lipinski definition) is 4. The zero-order chi connectivity index (χ0) is 15.6. The molecule has 0 unspecified atom stereocenters. The molecule has 0 bridgehead atoms. The van der Waals surface area contributed by atoms with Crippen LogP contribution >= 0.6 is 0 Å². The van der Waals surface area contributed by atoms with Gasteiger partial charge in [0.1, 0.15) is 6.61 Å². The number of carbonyl (C=O) groups excluding carboxylic acids is 1. The molecule has 2 rings (SSSR count). The molecule has 0 fully saturated rings. The minimum Gasteiger partial charge on any atom is -0.465 e. The van der Waals surface area contributed by atoms with E-state index in [1.54, 1.807) is 19.1 Å². The van der Waals surface area contributed by atoms with Crippen LogP contribution in [0.15, 0.2) is 12.1 Å². The summed E-state index contributed by atoms with van der Waals surface area (Å²) in [5, 5.41) is 21.9. The van der Waals surface area contributed by atoms with Crippen LogP contribution in [0.3, 0.4) is 0 Å². The first-order valence-electron chi connectivity index (χ1n) is 6.16. The van der Waals surface area contributed by atoms with Gasteiger partial charge in [-0.05, 0) is 24.1 Å². The van der Waals surface area contributed by atoms with Crippen LogP contribution in [0.1, 0.15) is 33.1 Å². The predicted octanol–water partition coefficient (Wildman–Crippen LogP) is 1.24. The summed E-state index contributed by atoms with van der Waals surface area (Å²) in [5.41, 5.74) is 2.47. The zero-order valence-electron chi connectivity index (χ0n) is 11.2. The van der Waals surface area contributed by atoms with Crippen molar-refractivity contribution in [3.8, 4) is 0 Å². The van der Waals surface area contributed by atoms with Gasteiger partial charge in [0.25, 0.3) is 0 Å². The van der Waals surface area contributed by atoms with E-state index >= 15 is 0 Å². The topological polar surface area (TPSA) is 125 Å². The number of rotatable bonds is 4. The van der Waals surface area contributed by atoms with Gasteiger partial charge in [0, 0.05) is 12.1 Å². The summed E-state index contributed by atoms with van der Waals surface area (Å²) in [6, 6.07) is 2.41. The zero-order valence-corrected chi connectivity index (χ0v) is 11.2. The summed E-state index contributed by atoms with van der Waals surface area (Å²) >= 11 is 0. The number of nitrogens with one attached hydrogen (secondary N) is 2. The van der Waals surface area contributed by atoms with E-state index in [4.69, 9.17) is 14.9 Å². The second-order valence-corrected chi connectivity index (χ2v) is 4.57. The molecule has 0 spiro atoms. The van der Waals surface area contributed by atoms with E-state index in [0.717, 1.165) is 0 Å². The molecular formula is C13H14N2O6. The lowest BCUT2D eigenvalue weighted by molar-refractivity contribution is 0.0534. The molecule has 1 atom stereocenters. The van der Waals surface area contributed by atoms with Crippen molar-refractivity contribution in [2.75, 3.05) is 6.54 Å². The molecule has 1 aliphatic heterocycles. The molecule has 8 nitrogen and oxygen atoms in total. The highest BCUT2D eigenvalue weighted by molar-refractivity contribution is 5.94. The van der Waals surface area contributed by atoms with Crippen molar-refractivity contribution in [3.05, 3.63) is 34.4 Å². The molecule has 1 aromatic carbocycles. The number of amides is 2. The third-order valence-corrected chi connectivity index (χ3v) is 3.34. The monoisotopic (exact) mass is 294 g/mol. The van der Waals surface area contributed by atoms with Crippen molar-refractivity contribution in [3.63, 3.8) is 0 Å². The second kappa shape index (κ2) is 5.70. The average molecular weight is 294 g/mol. The summed E-state index contributed by atoms with van der Waals surface area (Å²) in [7, 11) is 0. The van der Waals surface area contributed by atoms with Crippen molar-refractivity contribution in [2.24, 2.45) is 0 Å². The van der Waals surface area contributed by atoms with Crippen LogP contribution in [-0.4, -0.2) is 34.9 Å². The van der Waals surface area contributed by atoms with Gasteiger partial charge in [-0.2, -0.15) is 0 Å². The lowest BCUT2D eigenvalue weighted by Crippen LogP contribution is -2.37. The first-order chi connectivity index (χ1) is 9.90. The summed E-state index contributed by atoms with van der Waals surface area (Å²) in [6.07, 6.45) is -2.51. The van der Waals surface area contributed by atoms with Crippen LogP contribution in [-0.2, 0) is 11.3 Å². The Balaban J connectivity index is 2.33. The Bertz CT molecular complexity index is 613. The summed E-state index contributed by atoms with van der Waals surface area (Å²) < 4.78 is 4.93. The maximum Gasteiger partial charge on any atom is 0.405 e. The average Bonchev–Trinajstić information content (AvgIpc) is 2.77. The third kappa shape index (κ3) is 3.04. The molecule has 0 radical (unpaired) electrons. The lowest BCUT2D eigenvalue weighted by atomic mass is 9.94. The van der Waals surface area contributed by atoms with Crippen LogP contribution in [0.25, 0.3) is 0 Å². The molecule has 1 heterocycles. The van der Waals surface area contributed by atoms with Gasteiger partial charge >= 0.3 is 18.2 Å². The number of hydrogen-bond acceptors (Lipinski definition) is 4. The molecule has 4 N–H and O–H groups in total. The standard InChI is InChI=1S/C13H14N2O6/c1-6-7(2-3-8-9(6)5-21-11(8)16)10(15-13(19)20)4-14-12(17)18/h2-3,10,14-15H,4-5H2,1H3,(H,17,18)(H,19,20)/t10-/m0/s1. The van der Waals surface area contributed by atoms with Crippen LogP contribution in [0.2, 0.25) is 0 Å². The fourth-order valence-corrected chi connectivity index (χ4v) is 2.32. The molecule has 8 heteroatoms. The summed E-state index contributed by atoms with van der Waals surface area (Å²) in [4.78, 5) is 32.9. The first-order valence-corrected chi connectivity index (χ1v) is 6.16. The van der Waals surface area contributed by atoms with Crippen LogP contribution in [0.5, 0.6) is 0 Å². The molecule has 1 aromatic rings. The van der Waals surface area contributed by atoms with E-state index in [1.807, 2.05) is 0 Å². The highest BCUT2D eigenvalue weighted by Gasteiger charge is 2.26. The fourth-order valence-electron chi connectivity index (χ4n) is 2.32. The highest BCUT2D eigenvalue weighted by Crippen LogP contribution is 2.28. The van der Waals surface area contributed by atoms with Crippen LogP contribution in [0, 0.1) is 6.92 Å².